The molecule has 7 rings (SSSR count). The number of hydrogen-bond donors (Lipinski definition) is 7. The van der Waals surface area contributed by atoms with Crippen LogP contribution in [0.1, 0.15) is 25.8 Å². The van der Waals surface area contributed by atoms with Crippen molar-refractivity contribution in [1.29, 1.82) is 0 Å². The summed E-state index contributed by atoms with van der Waals surface area (Å²) < 4.78 is 48.6. The number of aliphatic hydroxyl groups is 2. The van der Waals surface area contributed by atoms with Crippen LogP contribution in [-0.4, -0.2) is 97.4 Å². The van der Waals surface area contributed by atoms with E-state index < -0.39 is 80.3 Å². The zero-order valence-corrected chi connectivity index (χ0v) is 27.2. The molecule has 7 heterocycles. The molecule has 0 radical (unpaired) electrons. The highest BCUT2D eigenvalue weighted by molar-refractivity contribution is 8.64. The number of aromatic nitrogens is 8. The van der Waals surface area contributed by atoms with Crippen molar-refractivity contribution in [3.8, 4) is 0 Å². The molecule has 0 amide bonds. The van der Waals surface area contributed by atoms with Crippen molar-refractivity contribution in [2.75, 3.05) is 18.1 Å². The van der Waals surface area contributed by atoms with E-state index in [-0.39, 0.29) is 34.2 Å². The Morgan fingerprint density at radius 2 is 1.51 bits per heavy atom. The van der Waals surface area contributed by atoms with Crippen molar-refractivity contribution in [3.63, 3.8) is 0 Å². The van der Waals surface area contributed by atoms with Gasteiger partial charge in [-0.15, -0.1) is 0 Å². The summed E-state index contributed by atoms with van der Waals surface area (Å²) in [6, 6.07) is 0. The van der Waals surface area contributed by atoms with Crippen molar-refractivity contribution in [2.45, 2.75) is 62.4 Å². The van der Waals surface area contributed by atoms with Crippen LogP contribution in [0.15, 0.2) is 22.2 Å². The van der Waals surface area contributed by atoms with Crippen LogP contribution in [0.5, 0.6) is 0 Å². The molecule has 0 spiro atoms. The zero-order chi connectivity index (χ0) is 33.4. The van der Waals surface area contributed by atoms with Crippen molar-refractivity contribution < 1.29 is 46.7 Å². The molecule has 4 aromatic heterocycles. The molecule has 47 heavy (non-hydrogen) atoms. The predicted molar refractivity (Wildman–Crippen MR) is 164 cm³/mol. The molecule has 254 valence electrons. The smallest absolute Gasteiger partial charge is 0.386 e. The van der Waals surface area contributed by atoms with Gasteiger partial charge in [0.05, 0.1) is 25.4 Å². The standard InChI is InChI=1S/C21H26N10O12P2S2/c1-2-6-12(10(32)18(39-6)30-4-24-8-14(30)26-20(22)28-16(8)34)41-44(36,46)38-3-7-13(42-45(37)43-47-45)11(33)19(40-7)31-5-25-9-15(31)27-21(23)29-17(9)35/h4-7,10-13,18-19,32-33H,2-3H2,1H3,(H,36,46)(H3,22,26,28,34)(H3,23,27,29,35)/t6-,7-,10+,11+,12?,13?,18-,19-,44?,45+/m1/s1. The number of nitrogens with zero attached hydrogens (tertiary/aromatic N) is 6. The lowest BCUT2D eigenvalue weighted by molar-refractivity contribution is -0.0513. The minimum absolute atomic E-state index is 0.0153. The summed E-state index contributed by atoms with van der Waals surface area (Å²) in [5.74, 6) is -0.387. The average molecular weight is 737 g/mol. The van der Waals surface area contributed by atoms with Crippen LogP contribution < -0.4 is 22.6 Å². The summed E-state index contributed by atoms with van der Waals surface area (Å²) in [4.78, 5) is 56.4. The zero-order valence-electron chi connectivity index (χ0n) is 23.8. The first-order chi connectivity index (χ1) is 22.3. The highest BCUT2D eigenvalue weighted by Crippen LogP contribution is 2.81. The van der Waals surface area contributed by atoms with Crippen LogP contribution in [0.4, 0.5) is 11.9 Å². The molecule has 3 aliphatic rings. The molecule has 4 aromatic rings. The number of H-pyrrole nitrogens is 2. The summed E-state index contributed by atoms with van der Waals surface area (Å²) in [5.41, 5.74) is 10.1. The van der Waals surface area contributed by atoms with Gasteiger partial charge in [-0.05, 0) is 18.2 Å². The number of aromatic amines is 2. The Balaban J connectivity index is 1.09. The monoisotopic (exact) mass is 736 g/mol. The molecular weight excluding hydrogens is 710 g/mol. The molecule has 10 atom stereocenters. The maximum Gasteiger partial charge on any atom is 0.428 e. The summed E-state index contributed by atoms with van der Waals surface area (Å²) >= 11 is 5.83. The third kappa shape index (κ3) is 6.03. The molecule has 0 bridgehead atoms. The number of aliphatic hydroxyl groups excluding tert-OH is 2. The predicted octanol–water partition coefficient (Wildman–Crippen LogP) is -0.866. The fourth-order valence-electron chi connectivity index (χ4n) is 5.44. The van der Waals surface area contributed by atoms with Gasteiger partial charge in [0.25, 0.3) is 11.1 Å². The maximum absolute atomic E-state index is 12.5. The maximum atomic E-state index is 12.5. The van der Waals surface area contributed by atoms with Gasteiger partial charge in [-0.1, -0.05) is 6.92 Å². The summed E-state index contributed by atoms with van der Waals surface area (Å²) in [6.45, 7) is -6.58. The quantitative estimate of drug-likeness (QED) is 0.0591. The van der Waals surface area contributed by atoms with Gasteiger partial charge in [0.1, 0.15) is 42.2 Å². The molecule has 3 saturated heterocycles. The number of nitrogens with two attached hydrogens (primary N) is 2. The molecule has 3 fully saturated rings. The number of nitrogens with one attached hydrogen (secondary N) is 2. The molecule has 26 heteroatoms. The van der Waals surface area contributed by atoms with Crippen molar-refractivity contribution in [3.05, 3.63) is 33.4 Å². The summed E-state index contributed by atoms with van der Waals surface area (Å²) in [5, 5.41) is 22.4. The molecule has 3 aliphatic heterocycles. The number of ether oxygens (including phenoxy) is 2. The Kier molecular flexibility index (Phi) is 8.31. The lowest BCUT2D eigenvalue weighted by Gasteiger charge is -2.26. The van der Waals surface area contributed by atoms with Crippen molar-refractivity contribution in [1.82, 2.24) is 39.0 Å². The van der Waals surface area contributed by atoms with E-state index in [1.165, 1.54) is 21.8 Å². The van der Waals surface area contributed by atoms with E-state index >= 15 is 0 Å². The Labute approximate surface area is 270 Å². The Hall–Kier alpha value is -2.83. The first-order valence-corrected chi connectivity index (χ1v) is 19.2. The number of imidazole rings is 2. The van der Waals surface area contributed by atoms with Crippen LogP contribution in [0.2, 0.25) is 0 Å². The summed E-state index contributed by atoms with van der Waals surface area (Å²) in [6.07, 6.45) is -7.29. The highest BCUT2D eigenvalue weighted by atomic mass is 32.8. The van der Waals surface area contributed by atoms with Gasteiger partial charge in [-0.2, -0.15) is 9.97 Å². The number of hydrogen-bond acceptors (Lipinski definition) is 19. The second-order valence-corrected chi connectivity index (χ2v) is 17.0. The lowest BCUT2D eigenvalue weighted by Crippen LogP contribution is -2.36. The number of nitrogen functional groups attached to an aromatic ring is 2. The van der Waals surface area contributed by atoms with Gasteiger partial charge in [0, 0.05) is 0 Å². The van der Waals surface area contributed by atoms with E-state index in [9.17, 15) is 29.3 Å². The van der Waals surface area contributed by atoms with Crippen LogP contribution in [0.3, 0.4) is 0 Å². The number of anilines is 2. The molecular formula is C21H26N10O12P2S2. The molecule has 22 nitrogen and oxygen atoms in total. The molecule has 3 unspecified atom stereocenters. The van der Waals surface area contributed by atoms with E-state index in [0.717, 1.165) is 0 Å². The van der Waals surface area contributed by atoms with E-state index in [4.69, 9.17) is 50.3 Å². The largest absolute Gasteiger partial charge is 0.428 e. The van der Waals surface area contributed by atoms with Gasteiger partial charge >= 0.3 is 13.5 Å². The molecule has 0 aromatic carbocycles. The third-order valence-corrected chi connectivity index (χ3v) is 11.5. The molecule has 0 aliphatic carbocycles. The van der Waals surface area contributed by atoms with E-state index in [1.54, 1.807) is 6.92 Å². The van der Waals surface area contributed by atoms with E-state index in [1.807, 2.05) is 0 Å². The topological polar surface area (TPSA) is 316 Å². The average Bonchev–Trinajstić information content (AvgIpc) is 3.32. The van der Waals surface area contributed by atoms with E-state index in [0.29, 0.717) is 18.1 Å². The van der Waals surface area contributed by atoms with Crippen molar-refractivity contribution >= 4 is 71.2 Å². The van der Waals surface area contributed by atoms with Gasteiger partial charge < -0.3 is 40.6 Å². The van der Waals surface area contributed by atoms with Crippen LogP contribution >= 0.6 is 25.2 Å². The number of rotatable bonds is 10. The normalized spacial score (nSPS) is 33.5. The van der Waals surface area contributed by atoms with Gasteiger partial charge in [0.15, 0.2) is 34.8 Å². The first-order valence-electron chi connectivity index (χ1n) is 13.7. The lowest BCUT2D eigenvalue weighted by atomic mass is 10.1. The van der Waals surface area contributed by atoms with Gasteiger partial charge in [-0.25, -0.2) is 18.5 Å². The fraction of sp³-hybridized carbons (Fsp3) is 0.524. The fourth-order valence-corrected chi connectivity index (χ4v) is 8.73. The van der Waals surface area contributed by atoms with Gasteiger partial charge in [0.2, 0.25) is 11.9 Å². The van der Waals surface area contributed by atoms with Crippen LogP contribution in [-0.2, 0) is 43.4 Å². The SMILES string of the molecule is CC[C@H]1O[C@@H](n2cnc3c(=O)[nH]c(N)nc32)[C@@H](O)C1OP(O)(=S)OC[C@H]1O[C@@H](n2cnc3c(=O)[nH]c(N)nc32)[C@@H](O)C1O[P@@]1(=O)OS1. The molecule has 9 N–H and O–H groups in total. The van der Waals surface area contributed by atoms with Crippen LogP contribution in [0, 0.1) is 0 Å². The minimum atomic E-state index is -4.20. The Morgan fingerprint density at radius 3 is 2.02 bits per heavy atom. The molecule has 0 saturated carbocycles. The van der Waals surface area contributed by atoms with Crippen molar-refractivity contribution in [2.24, 2.45) is 0 Å². The third-order valence-electron chi connectivity index (χ3n) is 7.57. The van der Waals surface area contributed by atoms with E-state index in [2.05, 4.69) is 29.9 Å². The first kappa shape index (κ1) is 32.7. The summed E-state index contributed by atoms with van der Waals surface area (Å²) in [7, 11) is 0. The van der Waals surface area contributed by atoms with Gasteiger partial charge in [-0.3, -0.25) is 37.7 Å². The Bertz CT molecular complexity index is 2070. The van der Waals surface area contributed by atoms with Crippen LogP contribution in [0.25, 0.3) is 22.3 Å². The Morgan fingerprint density at radius 1 is 1.00 bits per heavy atom. The second-order valence-electron chi connectivity index (χ2n) is 10.6. The number of fused-ring (bicyclic) bond motifs is 2. The minimum Gasteiger partial charge on any atom is -0.386 e. The second kappa shape index (κ2) is 11.9. The highest BCUT2D eigenvalue weighted by Gasteiger charge is 2.55.